The Hall–Kier alpha value is -4.07. The molecule has 0 saturated carbocycles. The molecular formula is C35H38ClN5O2. The second kappa shape index (κ2) is 13.5. The molecule has 8 heteroatoms. The SMILES string of the molecule is CN(CC(CCN1CCCN(c2nc3ccccc3n2Cc2ccco2)CC1)c1cccc(Cl)c1)C(=O)c1ccccc1. The maximum Gasteiger partial charge on any atom is 0.253 e. The van der Waals surface area contributed by atoms with E-state index in [2.05, 4.69) is 38.6 Å². The summed E-state index contributed by atoms with van der Waals surface area (Å²) in [7, 11) is 1.89. The zero-order valence-electron chi connectivity index (χ0n) is 24.6. The molecule has 1 saturated heterocycles. The zero-order chi connectivity index (χ0) is 29.6. The van der Waals surface area contributed by atoms with Crippen molar-refractivity contribution in [1.82, 2.24) is 19.4 Å². The third kappa shape index (κ3) is 6.95. The number of hydrogen-bond donors (Lipinski definition) is 0. The van der Waals surface area contributed by atoms with E-state index in [0.717, 1.165) is 73.3 Å². The van der Waals surface area contributed by atoms with Gasteiger partial charge in [-0.15, -0.1) is 0 Å². The van der Waals surface area contributed by atoms with Gasteiger partial charge in [0.2, 0.25) is 5.95 Å². The highest BCUT2D eigenvalue weighted by Gasteiger charge is 2.24. The minimum atomic E-state index is 0.0375. The summed E-state index contributed by atoms with van der Waals surface area (Å²) in [6.45, 7) is 6.05. The fourth-order valence-electron chi connectivity index (χ4n) is 6.09. The zero-order valence-corrected chi connectivity index (χ0v) is 25.4. The predicted octanol–water partition coefficient (Wildman–Crippen LogP) is 6.79. The lowest BCUT2D eigenvalue weighted by Crippen LogP contribution is -2.35. The lowest BCUT2D eigenvalue weighted by molar-refractivity contribution is 0.0783. The van der Waals surface area contributed by atoms with Crippen LogP contribution in [0.5, 0.6) is 0 Å². The van der Waals surface area contributed by atoms with Crippen molar-refractivity contribution in [1.29, 1.82) is 0 Å². The molecule has 3 heterocycles. The van der Waals surface area contributed by atoms with E-state index < -0.39 is 0 Å². The Morgan fingerprint density at radius 2 is 1.79 bits per heavy atom. The molecule has 1 aliphatic heterocycles. The number of carbonyl (C=O) groups excluding carboxylic acids is 1. The minimum absolute atomic E-state index is 0.0375. The number of imidazole rings is 1. The third-order valence-corrected chi connectivity index (χ3v) is 8.61. The molecule has 0 radical (unpaired) electrons. The maximum atomic E-state index is 13.2. The monoisotopic (exact) mass is 595 g/mol. The molecular weight excluding hydrogens is 558 g/mol. The van der Waals surface area contributed by atoms with Gasteiger partial charge in [-0.1, -0.05) is 54.1 Å². The van der Waals surface area contributed by atoms with Crippen molar-refractivity contribution in [2.45, 2.75) is 25.3 Å². The van der Waals surface area contributed by atoms with E-state index in [0.29, 0.717) is 18.7 Å². The number of hydrogen-bond acceptors (Lipinski definition) is 5. The van der Waals surface area contributed by atoms with Gasteiger partial charge in [-0.2, -0.15) is 0 Å². The van der Waals surface area contributed by atoms with Crippen molar-refractivity contribution in [3.8, 4) is 0 Å². The van der Waals surface area contributed by atoms with Gasteiger partial charge in [-0.25, -0.2) is 4.98 Å². The van der Waals surface area contributed by atoms with Crippen LogP contribution >= 0.6 is 11.6 Å². The molecule has 6 rings (SSSR count). The topological polar surface area (TPSA) is 57.8 Å². The third-order valence-electron chi connectivity index (χ3n) is 8.38. The van der Waals surface area contributed by atoms with Crippen molar-refractivity contribution < 1.29 is 9.21 Å². The summed E-state index contributed by atoms with van der Waals surface area (Å²) in [6, 6.07) is 29.9. The summed E-state index contributed by atoms with van der Waals surface area (Å²) in [5, 5.41) is 0.724. The Morgan fingerprint density at radius 1 is 0.953 bits per heavy atom. The van der Waals surface area contributed by atoms with E-state index in [-0.39, 0.29) is 11.8 Å². The first-order valence-corrected chi connectivity index (χ1v) is 15.4. The van der Waals surface area contributed by atoms with Crippen molar-refractivity contribution in [2.24, 2.45) is 0 Å². The molecule has 1 unspecified atom stereocenters. The second-order valence-corrected chi connectivity index (χ2v) is 11.8. The molecule has 2 aromatic heterocycles. The summed E-state index contributed by atoms with van der Waals surface area (Å²) in [6.07, 6.45) is 3.71. The van der Waals surface area contributed by atoms with Crippen LogP contribution in [-0.4, -0.2) is 71.6 Å². The van der Waals surface area contributed by atoms with Gasteiger partial charge in [0.1, 0.15) is 5.76 Å². The number of likely N-dealkylation sites (N-methyl/N-ethyl adjacent to an activating group) is 1. The standard InChI is InChI=1S/C35H38ClN5O2/c1-38(34(42)27-10-3-2-4-11-27)25-29(28-12-7-13-30(36)24-28)17-20-39-18-9-19-40(22-21-39)35-37-32-15-5-6-16-33(32)41(35)26-31-14-8-23-43-31/h2-8,10-16,23-24,29H,9,17-22,25-26H2,1H3. The largest absolute Gasteiger partial charge is 0.467 e. The number of carbonyl (C=O) groups is 1. The van der Waals surface area contributed by atoms with Crippen LogP contribution in [0.2, 0.25) is 5.02 Å². The van der Waals surface area contributed by atoms with Gasteiger partial charge in [-0.3, -0.25) is 4.79 Å². The smallest absolute Gasteiger partial charge is 0.253 e. The van der Waals surface area contributed by atoms with E-state index >= 15 is 0 Å². The highest BCUT2D eigenvalue weighted by Crippen LogP contribution is 2.27. The van der Waals surface area contributed by atoms with E-state index in [1.54, 1.807) is 6.26 Å². The number of para-hydroxylation sites is 2. The predicted molar refractivity (Wildman–Crippen MR) is 173 cm³/mol. The Bertz CT molecular complexity index is 1630. The molecule has 1 amide bonds. The van der Waals surface area contributed by atoms with Crippen molar-refractivity contribution in [3.05, 3.63) is 119 Å². The van der Waals surface area contributed by atoms with Crippen LogP contribution in [0.25, 0.3) is 11.0 Å². The minimum Gasteiger partial charge on any atom is -0.467 e. The number of nitrogens with zero attached hydrogens (tertiary/aromatic N) is 5. The molecule has 0 aliphatic carbocycles. The van der Waals surface area contributed by atoms with Crippen LogP contribution in [0, 0.1) is 0 Å². The van der Waals surface area contributed by atoms with Gasteiger partial charge in [-0.05, 0) is 80.0 Å². The molecule has 0 bridgehead atoms. The average molecular weight is 596 g/mol. The van der Waals surface area contributed by atoms with Crippen LogP contribution in [-0.2, 0) is 6.54 Å². The number of amides is 1. The van der Waals surface area contributed by atoms with E-state index in [4.69, 9.17) is 21.0 Å². The van der Waals surface area contributed by atoms with Gasteiger partial charge in [0.15, 0.2) is 0 Å². The van der Waals surface area contributed by atoms with Crippen molar-refractivity contribution in [3.63, 3.8) is 0 Å². The number of aromatic nitrogens is 2. The van der Waals surface area contributed by atoms with Crippen LogP contribution in [0.3, 0.4) is 0 Å². The Labute approximate surface area is 258 Å². The fraction of sp³-hybridized carbons (Fsp3) is 0.314. The normalized spacial score (nSPS) is 15.0. The quantitative estimate of drug-likeness (QED) is 0.178. The Balaban J connectivity index is 1.14. The average Bonchev–Trinajstić information content (AvgIpc) is 3.61. The lowest BCUT2D eigenvalue weighted by atomic mass is 9.94. The van der Waals surface area contributed by atoms with E-state index in [9.17, 15) is 4.79 Å². The first-order valence-electron chi connectivity index (χ1n) is 15.1. The highest BCUT2D eigenvalue weighted by molar-refractivity contribution is 6.30. The molecule has 1 fully saturated rings. The number of furan rings is 1. The lowest BCUT2D eigenvalue weighted by Gasteiger charge is -2.28. The van der Waals surface area contributed by atoms with Crippen molar-refractivity contribution in [2.75, 3.05) is 51.2 Å². The molecule has 43 heavy (non-hydrogen) atoms. The summed E-state index contributed by atoms with van der Waals surface area (Å²) >= 11 is 6.40. The van der Waals surface area contributed by atoms with E-state index in [1.165, 1.54) is 5.56 Å². The number of benzene rings is 3. The Kier molecular flexibility index (Phi) is 9.10. The Morgan fingerprint density at radius 3 is 2.60 bits per heavy atom. The van der Waals surface area contributed by atoms with Gasteiger partial charge in [0, 0.05) is 49.7 Å². The molecule has 0 N–H and O–H groups in total. The van der Waals surface area contributed by atoms with Gasteiger partial charge in [0.25, 0.3) is 5.91 Å². The number of anilines is 1. The number of fused-ring (bicyclic) bond motifs is 1. The maximum absolute atomic E-state index is 13.2. The molecule has 7 nitrogen and oxygen atoms in total. The van der Waals surface area contributed by atoms with Gasteiger partial charge >= 0.3 is 0 Å². The molecule has 222 valence electrons. The van der Waals surface area contributed by atoms with E-state index in [1.807, 2.05) is 78.7 Å². The van der Waals surface area contributed by atoms with Gasteiger partial charge in [0.05, 0.1) is 23.8 Å². The molecule has 1 atom stereocenters. The molecule has 3 aromatic carbocycles. The highest BCUT2D eigenvalue weighted by atomic mass is 35.5. The van der Waals surface area contributed by atoms with Crippen LogP contribution in [0.4, 0.5) is 5.95 Å². The molecule has 1 aliphatic rings. The molecule has 0 spiro atoms. The fourth-order valence-corrected chi connectivity index (χ4v) is 6.29. The summed E-state index contributed by atoms with van der Waals surface area (Å²) in [5.41, 5.74) is 4.00. The van der Waals surface area contributed by atoms with Gasteiger partial charge < -0.3 is 23.7 Å². The van der Waals surface area contributed by atoms with Crippen LogP contribution in [0.1, 0.15) is 40.4 Å². The second-order valence-electron chi connectivity index (χ2n) is 11.3. The van der Waals surface area contributed by atoms with Crippen molar-refractivity contribution >= 4 is 34.5 Å². The summed E-state index contributed by atoms with van der Waals surface area (Å²) < 4.78 is 7.97. The summed E-state index contributed by atoms with van der Waals surface area (Å²) in [4.78, 5) is 25.0. The summed E-state index contributed by atoms with van der Waals surface area (Å²) in [5.74, 6) is 2.13. The first kappa shape index (κ1) is 29.0. The number of rotatable bonds is 10. The molecule has 5 aromatic rings. The van der Waals surface area contributed by atoms with Crippen LogP contribution in [0.15, 0.2) is 102 Å². The first-order chi connectivity index (χ1) is 21.0. The number of halogens is 1. The van der Waals surface area contributed by atoms with Crippen LogP contribution < -0.4 is 4.90 Å².